The van der Waals surface area contributed by atoms with E-state index in [0.717, 1.165) is 34.2 Å². The van der Waals surface area contributed by atoms with Gasteiger partial charge >= 0.3 is 0 Å². The van der Waals surface area contributed by atoms with Gasteiger partial charge < -0.3 is 0 Å². The molecule has 2 aliphatic rings. The van der Waals surface area contributed by atoms with Crippen molar-refractivity contribution in [3.05, 3.63) is 58.6 Å². The predicted molar refractivity (Wildman–Crippen MR) is 118 cm³/mol. The number of carbonyl (C=O) groups is 2. The molecule has 8 heteroatoms. The summed E-state index contributed by atoms with van der Waals surface area (Å²) in [4.78, 5) is 26.9. The zero-order valence-electron chi connectivity index (χ0n) is 15.5. The summed E-state index contributed by atoms with van der Waals surface area (Å²) in [6, 6.07) is 9.86. The third-order valence-electron chi connectivity index (χ3n) is 5.08. The number of alkyl halides is 2. The van der Waals surface area contributed by atoms with Crippen LogP contribution < -0.4 is 0 Å². The number of allylic oxidation sites excluding steroid dienone is 1. The van der Waals surface area contributed by atoms with Crippen molar-refractivity contribution < 1.29 is 9.59 Å². The molecule has 2 amide bonds. The van der Waals surface area contributed by atoms with E-state index in [1.807, 2.05) is 42.5 Å². The smallest absolute Gasteiger partial charge is 0.278 e. The lowest BCUT2D eigenvalue weighted by Gasteiger charge is -2.26. The van der Waals surface area contributed by atoms with Gasteiger partial charge in [0, 0.05) is 12.7 Å². The normalized spacial score (nSPS) is 19.6. The number of carbonyl (C=O) groups excluding carboxylic acids is 2. The summed E-state index contributed by atoms with van der Waals surface area (Å²) in [5, 5.41) is 6.64. The summed E-state index contributed by atoms with van der Waals surface area (Å²) in [6.07, 6.45) is 7.96. The fourth-order valence-corrected chi connectivity index (χ4v) is 4.77. The van der Waals surface area contributed by atoms with Gasteiger partial charge in [-0.2, -0.15) is 5.10 Å². The molecule has 0 atom stereocenters. The quantitative estimate of drug-likeness (QED) is 0.475. The van der Waals surface area contributed by atoms with Crippen molar-refractivity contribution in [2.45, 2.75) is 30.0 Å². The highest BCUT2D eigenvalue weighted by molar-refractivity contribution is 8.18. The fourth-order valence-electron chi connectivity index (χ4n) is 3.40. The van der Waals surface area contributed by atoms with Crippen LogP contribution in [-0.4, -0.2) is 37.1 Å². The molecule has 150 valence electrons. The van der Waals surface area contributed by atoms with Gasteiger partial charge in [0.15, 0.2) is 0 Å². The average molecular weight is 448 g/mol. The molecule has 0 spiro atoms. The Morgan fingerprint density at radius 3 is 2.52 bits per heavy atom. The highest BCUT2D eigenvalue weighted by atomic mass is 35.5. The number of aromatic amines is 1. The Morgan fingerprint density at radius 1 is 1.14 bits per heavy atom. The van der Waals surface area contributed by atoms with E-state index in [2.05, 4.69) is 10.2 Å². The molecule has 1 N–H and O–H groups in total. The molecule has 1 saturated heterocycles. The van der Waals surface area contributed by atoms with Crippen molar-refractivity contribution >= 4 is 52.2 Å². The van der Waals surface area contributed by atoms with Gasteiger partial charge in [0.25, 0.3) is 11.1 Å². The minimum Gasteiger partial charge on any atom is -0.278 e. The maximum atomic E-state index is 12.7. The van der Waals surface area contributed by atoms with Crippen molar-refractivity contribution in [1.82, 2.24) is 15.1 Å². The number of H-pyrrole nitrogens is 1. The third kappa shape index (κ3) is 4.60. The summed E-state index contributed by atoms with van der Waals surface area (Å²) < 4.78 is -0.726. The Balaban J connectivity index is 1.39. The number of nitrogens with one attached hydrogen (secondary N) is 1. The fraction of sp³-hybridized carbons (Fsp3) is 0.286. The molecule has 4 rings (SSSR count). The predicted octanol–water partition coefficient (Wildman–Crippen LogP) is 5.79. The minimum absolute atomic E-state index is 0.217. The molecule has 1 aliphatic carbocycles. The number of halogens is 2. The van der Waals surface area contributed by atoms with Gasteiger partial charge in [-0.05, 0) is 54.6 Å². The van der Waals surface area contributed by atoms with E-state index < -0.39 is 4.33 Å². The molecule has 1 aromatic heterocycles. The Morgan fingerprint density at radius 2 is 1.86 bits per heavy atom. The Kier molecular flexibility index (Phi) is 5.86. The monoisotopic (exact) mass is 447 g/mol. The summed E-state index contributed by atoms with van der Waals surface area (Å²) in [5.74, 6) is -0.217. The van der Waals surface area contributed by atoms with Crippen LogP contribution in [0, 0.1) is 0 Å². The second-order valence-corrected chi connectivity index (χ2v) is 9.67. The van der Waals surface area contributed by atoms with Gasteiger partial charge in [-0.1, -0.05) is 42.0 Å². The van der Waals surface area contributed by atoms with Crippen LogP contribution in [0.3, 0.4) is 0 Å². The first-order chi connectivity index (χ1) is 13.9. The molecule has 0 unspecified atom stereocenters. The standard InChI is InChI=1S/C21H19Cl2N3O2S/c22-21(23)10-7-16(8-11-21)18-19(27)26(20(28)29-18)13-1-2-14-3-5-15(6-4-14)17-9-12-24-25-17/h1-6,9,12H,7-8,10-11,13H2,(H,24,25). The van der Waals surface area contributed by atoms with E-state index in [0.29, 0.717) is 30.6 Å². The van der Waals surface area contributed by atoms with Crippen LogP contribution in [0.15, 0.2) is 53.1 Å². The van der Waals surface area contributed by atoms with Crippen LogP contribution in [0.25, 0.3) is 17.3 Å². The number of aromatic nitrogens is 2. The largest absolute Gasteiger partial charge is 0.293 e. The molecule has 2 aromatic rings. The summed E-state index contributed by atoms with van der Waals surface area (Å²) >= 11 is 13.3. The van der Waals surface area contributed by atoms with Gasteiger partial charge in [0.2, 0.25) is 0 Å². The number of benzene rings is 1. The molecule has 2 fully saturated rings. The van der Waals surface area contributed by atoms with Gasteiger partial charge in [-0.15, -0.1) is 23.2 Å². The van der Waals surface area contributed by atoms with E-state index in [-0.39, 0.29) is 17.7 Å². The topological polar surface area (TPSA) is 66.1 Å². The lowest BCUT2D eigenvalue weighted by atomic mass is 9.93. The molecule has 1 saturated carbocycles. The number of hydrogen-bond donors (Lipinski definition) is 1. The molecular weight excluding hydrogens is 429 g/mol. The Labute approximate surface area is 183 Å². The van der Waals surface area contributed by atoms with Crippen LogP contribution >= 0.6 is 35.0 Å². The molecule has 2 heterocycles. The summed E-state index contributed by atoms with van der Waals surface area (Å²) in [5.41, 5.74) is 3.98. The zero-order chi connectivity index (χ0) is 20.4. The van der Waals surface area contributed by atoms with Crippen LogP contribution in [0.4, 0.5) is 4.79 Å². The molecule has 0 radical (unpaired) electrons. The first-order valence-corrected chi connectivity index (χ1v) is 10.9. The van der Waals surface area contributed by atoms with Crippen molar-refractivity contribution in [2.24, 2.45) is 0 Å². The number of amides is 2. The number of rotatable bonds is 4. The first-order valence-electron chi connectivity index (χ1n) is 9.33. The molecule has 29 heavy (non-hydrogen) atoms. The number of thioether (sulfide) groups is 1. The molecule has 1 aromatic carbocycles. The minimum atomic E-state index is -0.726. The third-order valence-corrected chi connectivity index (χ3v) is 6.89. The Bertz CT molecular complexity index is 970. The van der Waals surface area contributed by atoms with Gasteiger partial charge in [0.05, 0.1) is 10.6 Å². The van der Waals surface area contributed by atoms with Crippen molar-refractivity contribution in [3.8, 4) is 11.3 Å². The Hall–Kier alpha value is -2.02. The molecule has 1 aliphatic heterocycles. The summed E-state index contributed by atoms with van der Waals surface area (Å²) in [6.45, 7) is 0.249. The second-order valence-electron chi connectivity index (χ2n) is 7.07. The van der Waals surface area contributed by atoms with E-state index in [9.17, 15) is 9.59 Å². The molecular formula is C21H19Cl2N3O2S. The highest BCUT2D eigenvalue weighted by Crippen LogP contribution is 2.44. The number of imide groups is 1. The number of nitrogens with zero attached hydrogens (tertiary/aromatic N) is 2. The van der Waals surface area contributed by atoms with Crippen molar-refractivity contribution in [2.75, 3.05) is 6.54 Å². The maximum Gasteiger partial charge on any atom is 0.293 e. The maximum absolute atomic E-state index is 12.7. The van der Waals surface area contributed by atoms with Crippen LogP contribution in [0.1, 0.15) is 31.2 Å². The molecule has 5 nitrogen and oxygen atoms in total. The van der Waals surface area contributed by atoms with Crippen LogP contribution in [-0.2, 0) is 4.79 Å². The van der Waals surface area contributed by atoms with Crippen LogP contribution in [0.5, 0.6) is 0 Å². The summed E-state index contributed by atoms with van der Waals surface area (Å²) in [7, 11) is 0. The van der Waals surface area contributed by atoms with Gasteiger partial charge in [-0.3, -0.25) is 19.6 Å². The SMILES string of the molecule is O=C1SC(=C2CCC(Cl)(Cl)CC2)C(=O)N1CC=Cc1ccc(-c2ccn[nH]2)cc1. The average Bonchev–Trinajstić information content (AvgIpc) is 3.33. The zero-order valence-corrected chi connectivity index (χ0v) is 17.9. The van der Waals surface area contributed by atoms with Crippen molar-refractivity contribution in [1.29, 1.82) is 0 Å². The van der Waals surface area contributed by atoms with Crippen molar-refractivity contribution in [3.63, 3.8) is 0 Å². The van der Waals surface area contributed by atoms with Gasteiger partial charge in [0.1, 0.15) is 4.33 Å². The van der Waals surface area contributed by atoms with E-state index in [4.69, 9.17) is 23.2 Å². The lowest BCUT2D eigenvalue weighted by molar-refractivity contribution is -0.122. The van der Waals surface area contributed by atoms with E-state index >= 15 is 0 Å². The van der Waals surface area contributed by atoms with Crippen LogP contribution in [0.2, 0.25) is 0 Å². The lowest BCUT2D eigenvalue weighted by Crippen LogP contribution is -2.28. The number of hydrogen-bond acceptors (Lipinski definition) is 4. The van der Waals surface area contributed by atoms with E-state index in [1.165, 1.54) is 4.90 Å². The highest BCUT2D eigenvalue weighted by Gasteiger charge is 2.38. The first kappa shape index (κ1) is 20.3. The molecule has 0 bridgehead atoms. The van der Waals surface area contributed by atoms with E-state index in [1.54, 1.807) is 6.20 Å². The van der Waals surface area contributed by atoms with Gasteiger partial charge in [-0.25, -0.2) is 0 Å². The second kappa shape index (κ2) is 8.38.